The minimum Gasteiger partial charge on any atom is -0.497 e. The highest BCUT2D eigenvalue weighted by molar-refractivity contribution is 5.76. The van der Waals surface area contributed by atoms with E-state index in [0.29, 0.717) is 5.69 Å². The zero-order chi connectivity index (χ0) is 11.5. The fraction of sp³-hybridized carbons (Fsp3) is 0.154. The Morgan fingerprint density at radius 2 is 2.06 bits per heavy atom. The van der Waals surface area contributed by atoms with Gasteiger partial charge < -0.3 is 9.30 Å². The van der Waals surface area contributed by atoms with Crippen LogP contribution < -0.4 is 4.74 Å². The molecule has 0 aliphatic heterocycles. The molecule has 2 aromatic rings. The van der Waals surface area contributed by atoms with Crippen molar-refractivity contribution in [3.05, 3.63) is 42.1 Å². The highest BCUT2D eigenvalue weighted by Gasteiger charge is 2.06. The molecule has 16 heavy (non-hydrogen) atoms. The molecule has 0 N–H and O–H groups in total. The van der Waals surface area contributed by atoms with E-state index in [4.69, 9.17) is 4.74 Å². The second kappa shape index (κ2) is 4.23. The largest absolute Gasteiger partial charge is 0.497 e. The average molecular weight is 215 g/mol. The first-order valence-electron chi connectivity index (χ1n) is 5.01. The highest BCUT2D eigenvalue weighted by Crippen LogP contribution is 2.24. The summed E-state index contributed by atoms with van der Waals surface area (Å²) < 4.78 is 7.03. The van der Waals surface area contributed by atoms with Crippen molar-refractivity contribution in [1.82, 2.24) is 4.57 Å². The van der Waals surface area contributed by atoms with Gasteiger partial charge in [0.1, 0.15) is 5.75 Å². The SMILES string of the molecule is COc1cccc(-c2ccc(C=O)n2C)c1. The molecule has 0 unspecified atom stereocenters. The standard InChI is InChI=1S/C13H13NO2/c1-14-11(9-15)6-7-13(14)10-4-3-5-12(8-10)16-2/h3-9H,1-2H3. The average Bonchev–Trinajstić information content (AvgIpc) is 2.70. The number of benzene rings is 1. The summed E-state index contributed by atoms with van der Waals surface area (Å²) in [5.41, 5.74) is 2.70. The van der Waals surface area contributed by atoms with Crippen LogP contribution in [-0.2, 0) is 7.05 Å². The zero-order valence-electron chi connectivity index (χ0n) is 9.31. The molecule has 0 fully saturated rings. The molecule has 2 rings (SSSR count). The van der Waals surface area contributed by atoms with Crippen molar-refractivity contribution in [2.45, 2.75) is 0 Å². The van der Waals surface area contributed by atoms with Gasteiger partial charge in [0, 0.05) is 18.3 Å². The molecule has 0 radical (unpaired) electrons. The number of ether oxygens (including phenoxy) is 1. The number of carbonyl (C=O) groups excluding carboxylic acids is 1. The summed E-state index contributed by atoms with van der Waals surface area (Å²) >= 11 is 0. The zero-order valence-corrected chi connectivity index (χ0v) is 9.31. The van der Waals surface area contributed by atoms with Crippen LogP contribution in [0.5, 0.6) is 5.75 Å². The maximum atomic E-state index is 10.7. The van der Waals surface area contributed by atoms with Gasteiger partial charge in [-0.3, -0.25) is 4.79 Å². The number of nitrogens with zero attached hydrogens (tertiary/aromatic N) is 1. The Labute approximate surface area is 94.3 Å². The van der Waals surface area contributed by atoms with Crippen molar-refractivity contribution < 1.29 is 9.53 Å². The van der Waals surface area contributed by atoms with Crippen molar-refractivity contribution >= 4 is 6.29 Å². The van der Waals surface area contributed by atoms with E-state index < -0.39 is 0 Å². The van der Waals surface area contributed by atoms with Gasteiger partial charge in [-0.05, 0) is 24.3 Å². The predicted molar refractivity (Wildman–Crippen MR) is 62.8 cm³/mol. The van der Waals surface area contributed by atoms with E-state index in [1.165, 1.54) is 0 Å². The van der Waals surface area contributed by atoms with Gasteiger partial charge in [0.15, 0.2) is 6.29 Å². The van der Waals surface area contributed by atoms with Crippen LogP contribution in [0.15, 0.2) is 36.4 Å². The van der Waals surface area contributed by atoms with Gasteiger partial charge in [0.25, 0.3) is 0 Å². The first-order valence-corrected chi connectivity index (χ1v) is 5.01. The molecule has 0 atom stereocenters. The number of hydrogen-bond donors (Lipinski definition) is 0. The maximum Gasteiger partial charge on any atom is 0.166 e. The minimum atomic E-state index is 0.665. The molecular formula is C13H13NO2. The van der Waals surface area contributed by atoms with Crippen molar-refractivity contribution in [3.8, 4) is 17.0 Å². The Hall–Kier alpha value is -2.03. The molecule has 0 bridgehead atoms. The highest BCUT2D eigenvalue weighted by atomic mass is 16.5. The predicted octanol–water partition coefficient (Wildman–Crippen LogP) is 2.51. The van der Waals surface area contributed by atoms with Gasteiger partial charge in [-0.25, -0.2) is 0 Å². The first-order chi connectivity index (χ1) is 7.76. The van der Waals surface area contributed by atoms with Gasteiger partial charge in [0.2, 0.25) is 0 Å². The summed E-state index contributed by atoms with van der Waals surface area (Å²) in [6.45, 7) is 0. The summed E-state index contributed by atoms with van der Waals surface area (Å²) in [4.78, 5) is 10.7. The molecular weight excluding hydrogens is 202 g/mol. The summed E-state index contributed by atoms with van der Waals surface area (Å²) in [5, 5.41) is 0. The summed E-state index contributed by atoms with van der Waals surface area (Å²) in [7, 11) is 3.51. The van der Waals surface area contributed by atoms with E-state index in [0.717, 1.165) is 23.3 Å². The third-order valence-corrected chi connectivity index (χ3v) is 2.65. The lowest BCUT2D eigenvalue weighted by Gasteiger charge is -2.06. The van der Waals surface area contributed by atoms with Crippen LogP contribution >= 0.6 is 0 Å². The molecule has 0 saturated heterocycles. The third kappa shape index (κ3) is 1.72. The second-order valence-electron chi connectivity index (χ2n) is 3.55. The first kappa shape index (κ1) is 10.5. The van der Waals surface area contributed by atoms with Gasteiger partial charge in [-0.1, -0.05) is 12.1 Å². The van der Waals surface area contributed by atoms with E-state index in [1.807, 2.05) is 48.0 Å². The monoisotopic (exact) mass is 215 g/mol. The summed E-state index contributed by atoms with van der Waals surface area (Å²) in [5.74, 6) is 0.811. The number of methoxy groups -OCH3 is 1. The van der Waals surface area contributed by atoms with Crippen LogP contribution in [0.25, 0.3) is 11.3 Å². The smallest absolute Gasteiger partial charge is 0.166 e. The van der Waals surface area contributed by atoms with Gasteiger partial charge in [-0.2, -0.15) is 0 Å². The van der Waals surface area contributed by atoms with Crippen LogP contribution in [0.1, 0.15) is 10.5 Å². The summed E-state index contributed by atoms with van der Waals surface area (Å²) in [6, 6.07) is 11.5. The van der Waals surface area contributed by atoms with Crippen molar-refractivity contribution in [2.24, 2.45) is 7.05 Å². The molecule has 1 aromatic heterocycles. The molecule has 3 nitrogen and oxygen atoms in total. The maximum absolute atomic E-state index is 10.7. The van der Waals surface area contributed by atoms with Gasteiger partial charge >= 0.3 is 0 Å². The quantitative estimate of drug-likeness (QED) is 0.737. The molecule has 0 spiro atoms. The van der Waals surface area contributed by atoms with Crippen LogP contribution in [0.2, 0.25) is 0 Å². The summed E-state index contributed by atoms with van der Waals surface area (Å²) in [6.07, 6.45) is 0.851. The minimum absolute atomic E-state index is 0.665. The van der Waals surface area contributed by atoms with E-state index in [1.54, 1.807) is 7.11 Å². The fourth-order valence-electron chi connectivity index (χ4n) is 1.72. The fourth-order valence-corrected chi connectivity index (χ4v) is 1.72. The molecule has 0 aliphatic carbocycles. The molecule has 82 valence electrons. The van der Waals surface area contributed by atoms with E-state index >= 15 is 0 Å². The molecule has 3 heteroatoms. The van der Waals surface area contributed by atoms with Crippen LogP contribution in [0.4, 0.5) is 0 Å². The Kier molecular flexibility index (Phi) is 2.77. The second-order valence-corrected chi connectivity index (χ2v) is 3.55. The Morgan fingerprint density at radius 1 is 1.25 bits per heavy atom. The molecule has 1 aromatic carbocycles. The number of aldehydes is 1. The third-order valence-electron chi connectivity index (χ3n) is 2.65. The number of rotatable bonds is 3. The molecule has 0 saturated carbocycles. The van der Waals surface area contributed by atoms with Crippen LogP contribution in [0, 0.1) is 0 Å². The number of hydrogen-bond acceptors (Lipinski definition) is 2. The topological polar surface area (TPSA) is 31.2 Å². The molecule has 1 heterocycles. The normalized spacial score (nSPS) is 10.1. The molecule has 0 aliphatic rings. The van der Waals surface area contributed by atoms with Gasteiger partial charge in [-0.15, -0.1) is 0 Å². The Morgan fingerprint density at radius 3 is 2.69 bits per heavy atom. The number of aromatic nitrogens is 1. The Bertz CT molecular complexity index is 514. The lowest BCUT2D eigenvalue weighted by molar-refractivity contribution is 0.111. The lowest BCUT2D eigenvalue weighted by Crippen LogP contribution is -1.96. The lowest BCUT2D eigenvalue weighted by atomic mass is 10.1. The van der Waals surface area contributed by atoms with E-state index in [2.05, 4.69) is 0 Å². The van der Waals surface area contributed by atoms with Crippen LogP contribution in [0.3, 0.4) is 0 Å². The van der Waals surface area contributed by atoms with Crippen molar-refractivity contribution in [1.29, 1.82) is 0 Å². The van der Waals surface area contributed by atoms with Crippen LogP contribution in [-0.4, -0.2) is 18.0 Å². The Balaban J connectivity index is 2.49. The van der Waals surface area contributed by atoms with Crippen molar-refractivity contribution in [3.63, 3.8) is 0 Å². The van der Waals surface area contributed by atoms with E-state index in [-0.39, 0.29) is 0 Å². The van der Waals surface area contributed by atoms with Crippen molar-refractivity contribution in [2.75, 3.05) is 7.11 Å². The van der Waals surface area contributed by atoms with E-state index in [9.17, 15) is 4.79 Å². The van der Waals surface area contributed by atoms with Gasteiger partial charge in [0.05, 0.1) is 12.8 Å². The number of carbonyl (C=O) groups is 1. The molecule has 0 amide bonds.